The zero-order valence-corrected chi connectivity index (χ0v) is 20.8. The van der Waals surface area contributed by atoms with Gasteiger partial charge in [0.25, 0.3) is 0 Å². The van der Waals surface area contributed by atoms with Crippen LogP contribution < -0.4 is 5.32 Å². The molecule has 2 heterocycles. The molecule has 188 valence electrons. The normalized spacial score (nSPS) is 39.9. The van der Waals surface area contributed by atoms with Crippen molar-refractivity contribution in [2.24, 2.45) is 5.92 Å². The summed E-state index contributed by atoms with van der Waals surface area (Å²) in [5.74, 6) is 0.813. The molecular weight excluding hydrogens is 420 g/mol. The van der Waals surface area contributed by atoms with Gasteiger partial charge >= 0.3 is 0 Å². The third-order valence-electron chi connectivity index (χ3n) is 8.11. The summed E-state index contributed by atoms with van der Waals surface area (Å²) in [4.78, 5) is 32.6. The highest BCUT2D eigenvalue weighted by atomic mass is 16.3. The average molecular weight is 465 g/mol. The summed E-state index contributed by atoms with van der Waals surface area (Å²) in [5, 5.41) is 23.3. The van der Waals surface area contributed by atoms with Gasteiger partial charge in [-0.25, -0.2) is 0 Å². The number of carbonyl (C=O) groups excluding carboxylic acids is 2. The van der Waals surface area contributed by atoms with Crippen molar-refractivity contribution in [1.82, 2.24) is 20.0 Å². The van der Waals surface area contributed by atoms with Crippen LogP contribution in [0.2, 0.25) is 0 Å². The highest BCUT2D eigenvalue weighted by Crippen LogP contribution is 2.38. The molecular formula is C25H44N4O4. The molecule has 2 atom stereocenters. The topological polar surface area (TPSA) is 96.4 Å². The Morgan fingerprint density at radius 3 is 2.12 bits per heavy atom. The molecule has 4 fully saturated rings. The first-order valence-corrected chi connectivity index (χ1v) is 13.0. The fourth-order valence-electron chi connectivity index (χ4n) is 6.54. The molecule has 0 radical (unpaired) electrons. The first-order valence-electron chi connectivity index (χ1n) is 13.0. The smallest absolute Gasteiger partial charge is 0.237 e. The van der Waals surface area contributed by atoms with Crippen LogP contribution in [0.25, 0.3) is 0 Å². The van der Waals surface area contributed by atoms with Gasteiger partial charge in [0.1, 0.15) is 0 Å². The van der Waals surface area contributed by atoms with Crippen LogP contribution in [0.4, 0.5) is 0 Å². The zero-order valence-electron chi connectivity index (χ0n) is 20.8. The van der Waals surface area contributed by atoms with E-state index in [1.807, 2.05) is 6.92 Å². The number of carbonyl (C=O) groups is 2. The molecule has 2 aliphatic carbocycles. The largest absolute Gasteiger partial charge is 0.390 e. The monoisotopic (exact) mass is 464 g/mol. The number of nitrogens with one attached hydrogen (secondary N) is 1. The molecule has 0 aromatic heterocycles. The van der Waals surface area contributed by atoms with Crippen molar-refractivity contribution >= 4 is 11.8 Å². The second kappa shape index (κ2) is 9.80. The molecule has 2 saturated carbocycles. The first kappa shape index (κ1) is 24.9. The maximum atomic E-state index is 13.5. The molecule has 0 aromatic rings. The number of aliphatic hydroxyl groups is 2. The standard InChI is InChI=1S/C25H44N4O4/c1-18-6-4-8-27(14-18)17-23(31)29(21-12-25(3,33)13-21)20-7-5-9-28(15-20)16-22(30)26-19-10-24(2,32)11-19/h18-21,32-33H,4-17H2,1-3H3,(H,26,30)/t18-,19?,20-,21?,24?,25?/m1/s1. The maximum absolute atomic E-state index is 13.5. The Morgan fingerprint density at radius 1 is 0.909 bits per heavy atom. The summed E-state index contributed by atoms with van der Waals surface area (Å²) in [6.07, 6.45) is 6.78. The van der Waals surface area contributed by atoms with Gasteiger partial charge in [-0.3, -0.25) is 19.4 Å². The predicted octanol–water partition coefficient (Wildman–Crippen LogP) is 0.954. The number of hydrogen-bond acceptors (Lipinski definition) is 6. The molecule has 2 aliphatic heterocycles. The van der Waals surface area contributed by atoms with E-state index >= 15 is 0 Å². The van der Waals surface area contributed by atoms with Crippen LogP contribution >= 0.6 is 0 Å². The van der Waals surface area contributed by atoms with E-state index in [0.29, 0.717) is 51.2 Å². The van der Waals surface area contributed by atoms with Gasteiger partial charge in [-0.1, -0.05) is 6.92 Å². The molecule has 0 bridgehead atoms. The highest BCUT2D eigenvalue weighted by molar-refractivity contribution is 5.80. The van der Waals surface area contributed by atoms with E-state index < -0.39 is 11.2 Å². The SMILES string of the molecule is C[C@@H]1CCCN(CC(=O)N(C2CC(C)(O)C2)[C@@H]2CCCN(CC(=O)NC3CC(C)(O)C3)C2)C1. The van der Waals surface area contributed by atoms with Crippen LogP contribution in [-0.4, -0.2) is 105 Å². The Labute approximate surface area is 198 Å². The lowest BCUT2D eigenvalue weighted by molar-refractivity contribution is -0.151. The zero-order chi connectivity index (χ0) is 23.8. The van der Waals surface area contributed by atoms with Gasteiger partial charge in [0, 0.05) is 31.2 Å². The van der Waals surface area contributed by atoms with Crippen LogP contribution in [-0.2, 0) is 9.59 Å². The summed E-state index contributed by atoms with van der Waals surface area (Å²) < 4.78 is 0. The van der Waals surface area contributed by atoms with Crippen molar-refractivity contribution < 1.29 is 19.8 Å². The third-order valence-corrected chi connectivity index (χ3v) is 8.11. The van der Waals surface area contributed by atoms with E-state index in [1.165, 1.54) is 6.42 Å². The lowest BCUT2D eigenvalue weighted by Gasteiger charge is -2.51. The van der Waals surface area contributed by atoms with E-state index in [0.717, 1.165) is 38.9 Å². The summed E-state index contributed by atoms with van der Waals surface area (Å²) >= 11 is 0. The van der Waals surface area contributed by atoms with Gasteiger partial charge in [-0.15, -0.1) is 0 Å². The van der Waals surface area contributed by atoms with Gasteiger partial charge < -0.3 is 20.4 Å². The third kappa shape index (κ3) is 6.47. The second-order valence-corrected chi connectivity index (χ2v) is 12.0. The molecule has 0 spiro atoms. The molecule has 8 nitrogen and oxygen atoms in total. The molecule has 33 heavy (non-hydrogen) atoms. The van der Waals surface area contributed by atoms with Crippen LogP contribution in [0.3, 0.4) is 0 Å². The van der Waals surface area contributed by atoms with Gasteiger partial charge in [0.2, 0.25) is 11.8 Å². The number of piperidine rings is 2. The average Bonchev–Trinajstić information content (AvgIpc) is 2.65. The van der Waals surface area contributed by atoms with Crippen molar-refractivity contribution in [1.29, 1.82) is 0 Å². The van der Waals surface area contributed by atoms with Gasteiger partial charge in [0.05, 0.1) is 24.3 Å². The predicted molar refractivity (Wildman–Crippen MR) is 127 cm³/mol. The summed E-state index contributed by atoms with van der Waals surface area (Å²) in [5.41, 5.74) is -1.33. The lowest BCUT2D eigenvalue weighted by Crippen LogP contribution is -2.63. The van der Waals surface area contributed by atoms with Crippen LogP contribution in [0.15, 0.2) is 0 Å². The fourth-order valence-corrected chi connectivity index (χ4v) is 6.54. The maximum Gasteiger partial charge on any atom is 0.237 e. The lowest BCUT2D eigenvalue weighted by atomic mass is 9.75. The molecule has 4 rings (SSSR count). The van der Waals surface area contributed by atoms with Crippen molar-refractivity contribution in [3.8, 4) is 0 Å². The minimum absolute atomic E-state index is 0.00269. The molecule has 8 heteroatoms. The Hall–Kier alpha value is -1.22. The van der Waals surface area contributed by atoms with Crippen LogP contribution in [0, 0.1) is 5.92 Å². The second-order valence-electron chi connectivity index (χ2n) is 12.0. The minimum Gasteiger partial charge on any atom is -0.390 e. The Balaban J connectivity index is 1.34. The van der Waals surface area contributed by atoms with Crippen LogP contribution in [0.1, 0.15) is 72.1 Å². The summed E-state index contributed by atoms with van der Waals surface area (Å²) in [6, 6.07) is 0.243. The van der Waals surface area contributed by atoms with Crippen molar-refractivity contribution in [3.63, 3.8) is 0 Å². The number of amides is 2. The van der Waals surface area contributed by atoms with E-state index in [2.05, 4.69) is 26.9 Å². The Bertz CT molecular complexity index is 711. The van der Waals surface area contributed by atoms with E-state index in [1.54, 1.807) is 6.92 Å². The molecule has 2 saturated heterocycles. The van der Waals surface area contributed by atoms with E-state index in [-0.39, 0.29) is 29.9 Å². The van der Waals surface area contributed by atoms with Gasteiger partial charge in [-0.05, 0) is 84.2 Å². The van der Waals surface area contributed by atoms with Crippen molar-refractivity contribution in [2.45, 2.75) is 101 Å². The number of nitrogens with zero attached hydrogens (tertiary/aromatic N) is 3. The van der Waals surface area contributed by atoms with Crippen LogP contribution in [0.5, 0.6) is 0 Å². The van der Waals surface area contributed by atoms with Crippen molar-refractivity contribution in [3.05, 3.63) is 0 Å². The Kier molecular flexibility index (Phi) is 7.39. The molecule has 4 aliphatic rings. The minimum atomic E-state index is -0.680. The van der Waals surface area contributed by atoms with E-state index in [4.69, 9.17) is 0 Å². The molecule has 2 amide bonds. The Morgan fingerprint density at radius 2 is 1.52 bits per heavy atom. The highest BCUT2D eigenvalue weighted by Gasteiger charge is 2.46. The van der Waals surface area contributed by atoms with Gasteiger partial charge in [0.15, 0.2) is 0 Å². The number of likely N-dealkylation sites (tertiary alicyclic amines) is 2. The molecule has 3 N–H and O–H groups in total. The quantitative estimate of drug-likeness (QED) is 0.519. The first-order chi connectivity index (χ1) is 15.5. The number of hydrogen-bond donors (Lipinski definition) is 3. The molecule has 0 aromatic carbocycles. The molecule has 0 unspecified atom stereocenters. The van der Waals surface area contributed by atoms with E-state index in [9.17, 15) is 19.8 Å². The van der Waals surface area contributed by atoms with Crippen molar-refractivity contribution in [2.75, 3.05) is 39.3 Å². The summed E-state index contributed by atoms with van der Waals surface area (Å²) in [7, 11) is 0. The summed E-state index contributed by atoms with van der Waals surface area (Å²) in [6.45, 7) is 10.2. The number of rotatable bonds is 7. The fraction of sp³-hybridized carbons (Fsp3) is 0.920. The van der Waals surface area contributed by atoms with Gasteiger partial charge in [-0.2, -0.15) is 0 Å².